The molecule has 1 N–H and O–H groups in total. The van der Waals surface area contributed by atoms with Crippen molar-refractivity contribution in [3.8, 4) is 5.69 Å². The minimum atomic E-state index is -0.979. The zero-order valence-corrected chi connectivity index (χ0v) is 11.5. The van der Waals surface area contributed by atoms with Crippen LogP contribution in [0, 0.1) is 11.6 Å². The minimum absolute atomic E-state index is 0.169. The van der Waals surface area contributed by atoms with E-state index in [9.17, 15) is 13.6 Å². The number of hydrogen-bond donors (Lipinski definition) is 1. The van der Waals surface area contributed by atoms with Crippen LogP contribution in [0.2, 0.25) is 0 Å². The number of halogens is 2. The lowest BCUT2D eigenvalue weighted by molar-refractivity contribution is -0.133. The molecule has 2 rings (SSSR count). The Bertz CT molecular complexity index is 623. The summed E-state index contributed by atoms with van der Waals surface area (Å²) in [5.74, 6) is -2.53. The number of rotatable bonds is 5. The molecule has 0 saturated heterocycles. The van der Waals surface area contributed by atoms with Crippen LogP contribution in [0.4, 0.5) is 8.78 Å². The van der Waals surface area contributed by atoms with Crippen LogP contribution in [0.5, 0.6) is 0 Å². The van der Waals surface area contributed by atoms with Gasteiger partial charge in [0.1, 0.15) is 11.6 Å². The third-order valence-electron chi connectivity index (χ3n) is 2.60. The number of carboxylic acid groups (broad SMARTS) is 1. The molecule has 2 aromatic rings. The van der Waals surface area contributed by atoms with E-state index < -0.39 is 17.6 Å². The molecule has 0 radical (unpaired) electrons. The third-order valence-corrected chi connectivity index (χ3v) is 3.53. The molecule has 0 atom stereocenters. The lowest BCUT2D eigenvalue weighted by Gasteiger charge is -2.10. The van der Waals surface area contributed by atoms with E-state index >= 15 is 0 Å². The maximum Gasteiger partial charge on any atom is 0.313 e. The highest BCUT2D eigenvalue weighted by Crippen LogP contribution is 2.24. The number of carbonyl (C=O) groups is 1. The third kappa shape index (κ3) is 3.16. The van der Waals surface area contributed by atoms with Crippen LogP contribution in [-0.4, -0.2) is 26.4 Å². The van der Waals surface area contributed by atoms with E-state index in [2.05, 4.69) is 4.98 Å². The van der Waals surface area contributed by atoms with Crippen LogP contribution in [0.1, 0.15) is 12.6 Å². The number of aliphatic carboxylic acids is 1. The van der Waals surface area contributed by atoms with E-state index in [1.807, 2.05) is 6.92 Å². The molecule has 4 nitrogen and oxygen atoms in total. The number of imidazole rings is 1. The summed E-state index contributed by atoms with van der Waals surface area (Å²) in [7, 11) is 0. The second kappa shape index (κ2) is 6.04. The molecular formula is C13H12F2N2O2S. The predicted molar refractivity (Wildman–Crippen MR) is 71.2 cm³/mol. The number of aryl methyl sites for hydroxylation is 1. The van der Waals surface area contributed by atoms with Gasteiger partial charge in [0.15, 0.2) is 5.16 Å². The van der Waals surface area contributed by atoms with Crippen molar-refractivity contribution < 1.29 is 18.7 Å². The molecule has 106 valence electrons. The summed E-state index contributed by atoms with van der Waals surface area (Å²) < 4.78 is 28.2. The van der Waals surface area contributed by atoms with Crippen LogP contribution in [0.25, 0.3) is 5.69 Å². The van der Waals surface area contributed by atoms with Crippen molar-refractivity contribution >= 4 is 17.7 Å². The number of thioether (sulfide) groups is 1. The fourth-order valence-corrected chi connectivity index (χ4v) is 2.52. The maximum atomic E-state index is 13.3. The smallest absolute Gasteiger partial charge is 0.313 e. The quantitative estimate of drug-likeness (QED) is 0.862. The van der Waals surface area contributed by atoms with E-state index in [1.165, 1.54) is 12.1 Å². The van der Waals surface area contributed by atoms with Crippen molar-refractivity contribution in [3.63, 3.8) is 0 Å². The number of aromatic nitrogens is 2. The Hall–Kier alpha value is -1.89. The Labute approximate surface area is 118 Å². The Morgan fingerprint density at radius 2 is 2.00 bits per heavy atom. The molecule has 0 unspecified atom stereocenters. The number of nitrogens with zero attached hydrogens (tertiary/aromatic N) is 2. The average Bonchev–Trinajstić information content (AvgIpc) is 2.77. The minimum Gasteiger partial charge on any atom is -0.481 e. The van der Waals surface area contributed by atoms with Gasteiger partial charge in [-0.3, -0.25) is 9.36 Å². The molecule has 0 saturated carbocycles. The van der Waals surface area contributed by atoms with Crippen molar-refractivity contribution in [2.24, 2.45) is 0 Å². The SMILES string of the molecule is CCc1cnc(SCC(=O)O)n1-c1cc(F)cc(F)c1. The molecule has 1 heterocycles. The highest BCUT2D eigenvalue weighted by Gasteiger charge is 2.14. The topological polar surface area (TPSA) is 55.1 Å². The monoisotopic (exact) mass is 298 g/mol. The van der Waals surface area contributed by atoms with Gasteiger partial charge in [-0.1, -0.05) is 18.7 Å². The molecule has 0 aliphatic heterocycles. The van der Waals surface area contributed by atoms with E-state index in [0.29, 0.717) is 17.3 Å². The van der Waals surface area contributed by atoms with Gasteiger partial charge in [-0.25, -0.2) is 13.8 Å². The van der Waals surface area contributed by atoms with E-state index in [0.717, 1.165) is 23.5 Å². The van der Waals surface area contributed by atoms with Crippen LogP contribution < -0.4 is 0 Å². The Morgan fingerprint density at radius 1 is 1.35 bits per heavy atom. The molecule has 1 aromatic heterocycles. The Kier molecular flexibility index (Phi) is 4.39. The molecule has 0 aliphatic rings. The van der Waals surface area contributed by atoms with Gasteiger partial charge in [0.05, 0.1) is 11.4 Å². The Morgan fingerprint density at radius 3 is 2.55 bits per heavy atom. The molecule has 0 fully saturated rings. The summed E-state index contributed by atoms with van der Waals surface area (Å²) >= 11 is 1.01. The van der Waals surface area contributed by atoms with Gasteiger partial charge in [-0.2, -0.15) is 0 Å². The summed E-state index contributed by atoms with van der Waals surface area (Å²) in [4.78, 5) is 14.7. The van der Waals surface area contributed by atoms with Gasteiger partial charge < -0.3 is 5.11 Å². The van der Waals surface area contributed by atoms with Gasteiger partial charge in [0.25, 0.3) is 0 Å². The zero-order valence-electron chi connectivity index (χ0n) is 10.6. The number of carboxylic acids is 1. The van der Waals surface area contributed by atoms with Crippen LogP contribution in [-0.2, 0) is 11.2 Å². The molecule has 7 heteroatoms. The molecule has 0 aliphatic carbocycles. The maximum absolute atomic E-state index is 13.3. The highest BCUT2D eigenvalue weighted by atomic mass is 32.2. The van der Waals surface area contributed by atoms with Crippen molar-refractivity contribution in [1.29, 1.82) is 0 Å². The fraction of sp³-hybridized carbons (Fsp3) is 0.231. The summed E-state index contributed by atoms with van der Waals surface area (Å²) in [6.07, 6.45) is 2.19. The van der Waals surface area contributed by atoms with Gasteiger partial charge in [-0.15, -0.1) is 0 Å². The first-order chi connectivity index (χ1) is 9.51. The highest BCUT2D eigenvalue weighted by molar-refractivity contribution is 7.99. The van der Waals surface area contributed by atoms with Crippen LogP contribution in [0.3, 0.4) is 0 Å². The van der Waals surface area contributed by atoms with Gasteiger partial charge in [-0.05, 0) is 18.6 Å². The van der Waals surface area contributed by atoms with E-state index in [4.69, 9.17) is 5.11 Å². The van der Waals surface area contributed by atoms with Crippen molar-refractivity contribution in [1.82, 2.24) is 9.55 Å². The predicted octanol–water partition coefficient (Wildman–Crippen LogP) is 2.89. The average molecular weight is 298 g/mol. The molecule has 20 heavy (non-hydrogen) atoms. The lowest BCUT2D eigenvalue weighted by atomic mass is 10.2. The largest absolute Gasteiger partial charge is 0.481 e. The van der Waals surface area contributed by atoms with Gasteiger partial charge >= 0.3 is 5.97 Å². The fourth-order valence-electron chi connectivity index (χ4n) is 1.79. The van der Waals surface area contributed by atoms with Crippen molar-refractivity contribution in [3.05, 3.63) is 41.7 Å². The van der Waals surface area contributed by atoms with Crippen LogP contribution in [0.15, 0.2) is 29.6 Å². The van der Waals surface area contributed by atoms with Gasteiger partial charge in [0.2, 0.25) is 0 Å². The summed E-state index contributed by atoms with van der Waals surface area (Å²) in [6.45, 7) is 1.88. The summed E-state index contributed by atoms with van der Waals surface area (Å²) in [6, 6.07) is 3.17. The summed E-state index contributed by atoms with van der Waals surface area (Å²) in [5.41, 5.74) is 1.05. The van der Waals surface area contributed by atoms with E-state index in [-0.39, 0.29) is 5.75 Å². The zero-order chi connectivity index (χ0) is 14.7. The molecule has 1 aromatic carbocycles. The first-order valence-electron chi connectivity index (χ1n) is 5.89. The standard InChI is InChI=1S/C13H12F2N2O2S/c1-2-10-6-16-13(20-7-12(18)19)17(10)11-4-8(14)3-9(15)5-11/h3-6H,2,7H2,1H3,(H,18,19). The molecule has 0 bridgehead atoms. The second-order valence-electron chi connectivity index (χ2n) is 4.03. The lowest BCUT2D eigenvalue weighted by Crippen LogP contribution is -2.05. The molecular weight excluding hydrogens is 286 g/mol. The molecule has 0 spiro atoms. The van der Waals surface area contributed by atoms with Crippen molar-refractivity contribution in [2.75, 3.05) is 5.75 Å². The number of hydrogen-bond acceptors (Lipinski definition) is 3. The summed E-state index contributed by atoms with van der Waals surface area (Å²) in [5, 5.41) is 9.11. The number of benzene rings is 1. The Balaban J connectivity index is 2.47. The van der Waals surface area contributed by atoms with Crippen LogP contribution >= 0.6 is 11.8 Å². The first kappa shape index (κ1) is 14.5. The van der Waals surface area contributed by atoms with Crippen molar-refractivity contribution in [2.45, 2.75) is 18.5 Å². The first-order valence-corrected chi connectivity index (χ1v) is 6.87. The van der Waals surface area contributed by atoms with E-state index in [1.54, 1.807) is 10.8 Å². The normalized spacial score (nSPS) is 10.8. The molecule has 0 amide bonds. The van der Waals surface area contributed by atoms with Gasteiger partial charge in [0, 0.05) is 18.0 Å². The second-order valence-corrected chi connectivity index (χ2v) is 4.97.